The fourth-order valence-electron chi connectivity index (χ4n) is 5.20. The molecule has 0 aliphatic heterocycles. The molecule has 2 heterocycles. The lowest BCUT2D eigenvalue weighted by Crippen LogP contribution is -2.28. The predicted octanol–water partition coefficient (Wildman–Crippen LogP) is 5.75. The van der Waals surface area contributed by atoms with Crippen LogP contribution in [0.1, 0.15) is 33.1 Å². The number of hydrogen-bond acceptors (Lipinski definition) is 7. The highest BCUT2D eigenvalue weighted by atomic mass is 16.5. The van der Waals surface area contributed by atoms with E-state index in [1.165, 1.54) is 6.26 Å². The SMILES string of the molecule is NCCNC(c1ccncc1)c1c(O)c2cc(OCc3ccc4ccccc4c3)ccc2c2occ(C(=O)O)c12. The molecule has 0 spiro atoms. The number of nitrogens with two attached hydrogens (primary N) is 1. The summed E-state index contributed by atoms with van der Waals surface area (Å²) in [4.78, 5) is 16.3. The Morgan fingerprint density at radius 2 is 1.80 bits per heavy atom. The number of furan rings is 1. The Bertz CT molecular complexity index is 1850. The summed E-state index contributed by atoms with van der Waals surface area (Å²) in [5, 5.41) is 28.7. The Labute approximate surface area is 229 Å². The van der Waals surface area contributed by atoms with E-state index in [2.05, 4.69) is 34.6 Å². The molecule has 0 saturated heterocycles. The van der Waals surface area contributed by atoms with Gasteiger partial charge in [0, 0.05) is 47.2 Å². The third kappa shape index (κ3) is 4.59. The van der Waals surface area contributed by atoms with Crippen LogP contribution >= 0.6 is 0 Å². The number of carbonyl (C=O) groups is 1. The van der Waals surface area contributed by atoms with Crippen molar-refractivity contribution in [2.75, 3.05) is 13.1 Å². The molecule has 6 aromatic rings. The summed E-state index contributed by atoms with van der Waals surface area (Å²) in [5.74, 6) is -0.656. The van der Waals surface area contributed by atoms with Gasteiger partial charge in [-0.25, -0.2) is 4.79 Å². The first kappa shape index (κ1) is 25.4. The van der Waals surface area contributed by atoms with E-state index < -0.39 is 12.0 Å². The van der Waals surface area contributed by atoms with Crippen molar-refractivity contribution in [3.05, 3.63) is 114 Å². The summed E-state index contributed by atoms with van der Waals surface area (Å²) in [7, 11) is 0. The minimum atomic E-state index is -1.15. The van der Waals surface area contributed by atoms with Crippen LogP contribution in [-0.4, -0.2) is 34.3 Å². The zero-order valence-corrected chi connectivity index (χ0v) is 21.5. The summed E-state index contributed by atoms with van der Waals surface area (Å²) in [6.45, 7) is 1.12. The Kier molecular flexibility index (Phi) is 6.77. The molecule has 0 amide bonds. The summed E-state index contributed by atoms with van der Waals surface area (Å²) in [6.07, 6.45) is 4.51. The highest BCUT2D eigenvalue weighted by molar-refractivity contribution is 6.16. The Morgan fingerprint density at radius 1 is 1.00 bits per heavy atom. The minimum absolute atomic E-state index is 0.0348. The second-order valence-electron chi connectivity index (χ2n) is 9.55. The van der Waals surface area contributed by atoms with E-state index in [1.807, 2.05) is 30.3 Å². The quantitative estimate of drug-likeness (QED) is 0.185. The Hall–Kier alpha value is -4.92. The van der Waals surface area contributed by atoms with Crippen molar-refractivity contribution in [1.29, 1.82) is 0 Å². The van der Waals surface area contributed by atoms with Crippen molar-refractivity contribution in [2.24, 2.45) is 5.73 Å². The van der Waals surface area contributed by atoms with Crippen LogP contribution in [0.4, 0.5) is 0 Å². The van der Waals surface area contributed by atoms with Crippen LogP contribution < -0.4 is 15.8 Å². The lowest BCUT2D eigenvalue weighted by molar-refractivity contribution is 0.0698. The van der Waals surface area contributed by atoms with E-state index in [9.17, 15) is 15.0 Å². The molecule has 6 rings (SSSR count). The first-order chi connectivity index (χ1) is 19.5. The molecule has 40 heavy (non-hydrogen) atoms. The van der Waals surface area contributed by atoms with Gasteiger partial charge in [0.05, 0.1) is 6.04 Å². The Balaban J connectivity index is 1.47. The zero-order chi connectivity index (χ0) is 27.6. The minimum Gasteiger partial charge on any atom is -0.507 e. The zero-order valence-electron chi connectivity index (χ0n) is 21.5. The van der Waals surface area contributed by atoms with Crippen molar-refractivity contribution in [3.8, 4) is 11.5 Å². The average Bonchev–Trinajstić information content (AvgIpc) is 3.43. The van der Waals surface area contributed by atoms with Gasteiger partial charge < -0.3 is 30.4 Å². The van der Waals surface area contributed by atoms with Crippen LogP contribution in [0.2, 0.25) is 0 Å². The molecule has 0 bridgehead atoms. The fraction of sp³-hybridized carbons (Fsp3) is 0.125. The van der Waals surface area contributed by atoms with Crippen molar-refractivity contribution in [3.63, 3.8) is 0 Å². The molecular weight excluding hydrogens is 506 g/mol. The molecule has 0 aliphatic rings. The number of phenolic OH excluding ortho intramolecular Hbond substituents is 1. The summed E-state index contributed by atoms with van der Waals surface area (Å²) >= 11 is 0. The summed E-state index contributed by atoms with van der Waals surface area (Å²) in [6, 6.07) is 22.7. The fourth-order valence-corrected chi connectivity index (χ4v) is 5.20. The second-order valence-corrected chi connectivity index (χ2v) is 9.55. The van der Waals surface area contributed by atoms with Crippen LogP contribution in [0, 0.1) is 0 Å². The number of benzene rings is 4. The van der Waals surface area contributed by atoms with Gasteiger partial charge in [0.1, 0.15) is 35.5 Å². The molecule has 1 unspecified atom stereocenters. The number of rotatable bonds is 9. The molecule has 4 aromatic carbocycles. The maximum absolute atomic E-state index is 12.2. The summed E-state index contributed by atoms with van der Waals surface area (Å²) in [5.41, 5.74) is 8.33. The molecule has 1 atom stereocenters. The van der Waals surface area contributed by atoms with Crippen LogP contribution in [0.3, 0.4) is 0 Å². The van der Waals surface area contributed by atoms with E-state index in [4.69, 9.17) is 14.9 Å². The Morgan fingerprint density at radius 3 is 2.58 bits per heavy atom. The van der Waals surface area contributed by atoms with E-state index >= 15 is 0 Å². The number of aromatic hydroxyl groups is 1. The molecule has 200 valence electrons. The van der Waals surface area contributed by atoms with Gasteiger partial charge >= 0.3 is 5.97 Å². The standard InChI is InChI=1S/C32H27N3O5/c33-11-14-35-29(21-9-12-34-13-10-21)28-27-26(32(37)38)18-40-31(27)24-8-7-23(16-25(24)30(28)36)39-17-19-5-6-20-3-1-2-4-22(20)15-19/h1-10,12-13,15-16,18,29,35-36H,11,14,17,33H2,(H,37,38). The molecule has 5 N–H and O–H groups in total. The first-order valence-corrected chi connectivity index (χ1v) is 12.9. The van der Waals surface area contributed by atoms with Crippen LogP contribution in [0.5, 0.6) is 11.5 Å². The number of fused-ring (bicyclic) bond motifs is 4. The van der Waals surface area contributed by atoms with Crippen molar-refractivity contribution in [1.82, 2.24) is 10.3 Å². The van der Waals surface area contributed by atoms with Gasteiger partial charge in [-0.1, -0.05) is 36.4 Å². The number of carboxylic acids is 1. The number of phenols is 1. The predicted molar refractivity (Wildman–Crippen MR) is 154 cm³/mol. The number of ether oxygens (including phenoxy) is 1. The van der Waals surface area contributed by atoms with Crippen LogP contribution in [0.15, 0.2) is 95.9 Å². The molecule has 2 aromatic heterocycles. The third-order valence-electron chi connectivity index (χ3n) is 7.08. The van der Waals surface area contributed by atoms with Gasteiger partial charge in [-0.05, 0) is 58.3 Å². The number of pyridine rings is 1. The molecule has 0 saturated carbocycles. The summed E-state index contributed by atoms with van der Waals surface area (Å²) < 4.78 is 12.0. The van der Waals surface area contributed by atoms with Gasteiger partial charge in [0.15, 0.2) is 0 Å². The molecule has 0 fully saturated rings. The van der Waals surface area contributed by atoms with E-state index in [1.54, 1.807) is 30.6 Å². The normalized spacial score (nSPS) is 12.2. The van der Waals surface area contributed by atoms with Crippen molar-refractivity contribution >= 4 is 38.5 Å². The number of hydrogen-bond donors (Lipinski definition) is 4. The van der Waals surface area contributed by atoms with Gasteiger partial charge in [0.2, 0.25) is 0 Å². The van der Waals surface area contributed by atoms with E-state index in [0.717, 1.165) is 21.9 Å². The average molecular weight is 534 g/mol. The van der Waals surface area contributed by atoms with E-state index in [-0.39, 0.29) is 11.3 Å². The smallest absolute Gasteiger partial charge is 0.339 e. The third-order valence-corrected chi connectivity index (χ3v) is 7.08. The lowest BCUT2D eigenvalue weighted by Gasteiger charge is -2.23. The van der Waals surface area contributed by atoms with Gasteiger partial charge in [-0.2, -0.15) is 0 Å². The molecule has 0 aliphatic carbocycles. The van der Waals surface area contributed by atoms with Crippen molar-refractivity contribution < 1.29 is 24.2 Å². The van der Waals surface area contributed by atoms with Crippen LogP contribution in [-0.2, 0) is 6.61 Å². The topological polar surface area (TPSA) is 131 Å². The second kappa shape index (κ2) is 10.7. The number of carboxylic acid groups (broad SMARTS) is 1. The van der Waals surface area contributed by atoms with Gasteiger partial charge in [-0.3, -0.25) is 4.98 Å². The highest BCUT2D eigenvalue weighted by Crippen LogP contribution is 2.45. The largest absolute Gasteiger partial charge is 0.507 e. The molecule has 8 nitrogen and oxygen atoms in total. The molecular formula is C32H27N3O5. The number of nitrogens with zero attached hydrogens (tertiary/aromatic N) is 1. The lowest BCUT2D eigenvalue weighted by atomic mass is 9.90. The number of nitrogens with one attached hydrogen (secondary N) is 1. The maximum atomic E-state index is 12.2. The number of aromatic nitrogens is 1. The van der Waals surface area contributed by atoms with Gasteiger partial charge in [-0.15, -0.1) is 0 Å². The first-order valence-electron chi connectivity index (χ1n) is 12.9. The van der Waals surface area contributed by atoms with Gasteiger partial charge in [0.25, 0.3) is 0 Å². The van der Waals surface area contributed by atoms with Crippen molar-refractivity contribution in [2.45, 2.75) is 12.6 Å². The highest BCUT2D eigenvalue weighted by Gasteiger charge is 2.28. The van der Waals surface area contributed by atoms with Crippen LogP contribution in [0.25, 0.3) is 32.5 Å². The molecule has 0 radical (unpaired) electrons. The molecule has 8 heteroatoms. The van der Waals surface area contributed by atoms with E-state index in [0.29, 0.717) is 52.8 Å². The number of aromatic carboxylic acids is 1. The maximum Gasteiger partial charge on any atom is 0.339 e. The monoisotopic (exact) mass is 533 g/mol.